The smallest absolute Gasteiger partial charge is 0.239 e. The van der Waals surface area contributed by atoms with Crippen molar-refractivity contribution in [2.45, 2.75) is 19.4 Å². The molecule has 1 atom stereocenters. The normalized spacial score (nSPS) is 16.9. The first-order chi connectivity index (χ1) is 13.7. The van der Waals surface area contributed by atoms with E-state index in [4.69, 9.17) is 0 Å². The van der Waals surface area contributed by atoms with E-state index in [1.807, 2.05) is 28.8 Å². The zero-order valence-corrected chi connectivity index (χ0v) is 15.6. The average Bonchev–Trinajstić information content (AvgIpc) is 2.75. The molecule has 28 heavy (non-hydrogen) atoms. The molecule has 1 fully saturated rings. The molecule has 1 amide bonds. The van der Waals surface area contributed by atoms with Crippen LogP contribution in [0.3, 0.4) is 0 Å². The molecule has 1 aliphatic heterocycles. The second-order valence-corrected chi connectivity index (χ2v) is 7.13. The minimum atomic E-state index is -0.0538. The lowest BCUT2D eigenvalue weighted by molar-refractivity contribution is -0.121. The van der Waals surface area contributed by atoms with Crippen LogP contribution in [0.25, 0.3) is 10.9 Å². The van der Waals surface area contributed by atoms with E-state index in [0.29, 0.717) is 17.8 Å². The molecule has 1 saturated heterocycles. The lowest BCUT2D eigenvalue weighted by Gasteiger charge is -2.32. The summed E-state index contributed by atoms with van der Waals surface area (Å²) in [5.74, 6) is 1.06. The number of pyridine rings is 1. The predicted molar refractivity (Wildman–Crippen MR) is 108 cm³/mol. The third-order valence-corrected chi connectivity index (χ3v) is 5.14. The maximum Gasteiger partial charge on any atom is 0.239 e. The fourth-order valence-corrected chi connectivity index (χ4v) is 3.73. The van der Waals surface area contributed by atoms with Crippen LogP contribution >= 0.6 is 0 Å². The molecule has 2 aromatic heterocycles. The SMILES string of the molecule is O=C(Cn1ccc(=O)c2ccccc21)NC[C@H]1CCCN(c2ncccn2)C1. The largest absolute Gasteiger partial charge is 0.354 e. The van der Waals surface area contributed by atoms with E-state index in [1.165, 1.54) is 6.07 Å². The van der Waals surface area contributed by atoms with Crippen molar-refractivity contribution in [2.75, 3.05) is 24.5 Å². The van der Waals surface area contributed by atoms with E-state index < -0.39 is 0 Å². The van der Waals surface area contributed by atoms with Gasteiger partial charge in [0.1, 0.15) is 6.54 Å². The van der Waals surface area contributed by atoms with Gasteiger partial charge >= 0.3 is 0 Å². The lowest BCUT2D eigenvalue weighted by Crippen LogP contribution is -2.42. The number of aromatic nitrogens is 3. The van der Waals surface area contributed by atoms with Crippen molar-refractivity contribution >= 4 is 22.8 Å². The molecular weight excluding hydrogens is 354 g/mol. The number of hydrogen-bond donors (Lipinski definition) is 1. The summed E-state index contributed by atoms with van der Waals surface area (Å²) in [5.41, 5.74) is 0.743. The first-order valence-corrected chi connectivity index (χ1v) is 9.57. The van der Waals surface area contributed by atoms with Crippen LogP contribution in [0, 0.1) is 5.92 Å². The molecule has 0 radical (unpaired) electrons. The minimum Gasteiger partial charge on any atom is -0.354 e. The summed E-state index contributed by atoms with van der Waals surface area (Å²) < 4.78 is 1.82. The Labute approximate surface area is 163 Å². The third kappa shape index (κ3) is 4.03. The highest BCUT2D eigenvalue weighted by Gasteiger charge is 2.22. The molecule has 4 rings (SSSR count). The Hall–Kier alpha value is -3.22. The van der Waals surface area contributed by atoms with Crippen molar-refractivity contribution in [2.24, 2.45) is 5.92 Å². The Morgan fingerprint density at radius 2 is 1.96 bits per heavy atom. The van der Waals surface area contributed by atoms with E-state index in [0.717, 1.165) is 37.4 Å². The van der Waals surface area contributed by atoms with Gasteiger partial charge in [0.15, 0.2) is 5.43 Å². The summed E-state index contributed by atoms with van der Waals surface area (Å²) in [7, 11) is 0. The Balaban J connectivity index is 1.36. The molecule has 7 nitrogen and oxygen atoms in total. The van der Waals surface area contributed by atoms with Crippen LogP contribution in [0.2, 0.25) is 0 Å². The summed E-state index contributed by atoms with van der Waals surface area (Å²) in [6.45, 7) is 2.60. The van der Waals surface area contributed by atoms with Gasteiger partial charge in [-0.3, -0.25) is 9.59 Å². The van der Waals surface area contributed by atoms with Crippen LogP contribution in [0.4, 0.5) is 5.95 Å². The quantitative estimate of drug-likeness (QED) is 0.734. The van der Waals surface area contributed by atoms with E-state index >= 15 is 0 Å². The van der Waals surface area contributed by atoms with Crippen LogP contribution in [0.5, 0.6) is 0 Å². The van der Waals surface area contributed by atoms with Crippen molar-refractivity contribution in [1.82, 2.24) is 19.9 Å². The van der Waals surface area contributed by atoms with Gasteiger partial charge in [0.05, 0.1) is 5.52 Å². The number of hydrogen-bond acceptors (Lipinski definition) is 5. The highest BCUT2D eigenvalue weighted by Crippen LogP contribution is 2.19. The summed E-state index contributed by atoms with van der Waals surface area (Å²) in [6.07, 6.45) is 7.32. The molecule has 3 heterocycles. The van der Waals surface area contributed by atoms with Crippen molar-refractivity contribution in [1.29, 1.82) is 0 Å². The molecule has 0 unspecified atom stereocenters. The fraction of sp³-hybridized carbons (Fsp3) is 0.333. The van der Waals surface area contributed by atoms with Gasteiger partial charge in [-0.1, -0.05) is 12.1 Å². The van der Waals surface area contributed by atoms with E-state index in [-0.39, 0.29) is 17.9 Å². The average molecular weight is 377 g/mol. The van der Waals surface area contributed by atoms with Gasteiger partial charge < -0.3 is 14.8 Å². The number of rotatable bonds is 5. The van der Waals surface area contributed by atoms with Crippen LogP contribution in [0.15, 0.2) is 59.8 Å². The van der Waals surface area contributed by atoms with Crippen LogP contribution in [0.1, 0.15) is 12.8 Å². The molecular formula is C21H23N5O2. The molecule has 7 heteroatoms. The number of amides is 1. The van der Waals surface area contributed by atoms with Gasteiger partial charge in [-0.05, 0) is 37.0 Å². The molecule has 1 N–H and O–H groups in total. The van der Waals surface area contributed by atoms with Gasteiger partial charge in [-0.25, -0.2) is 9.97 Å². The van der Waals surface area contributed by atoms with Gasteiger partial charge in [-0.15, -0.1) is 0 Å². The van der Waals surface area contributed by atoms with Crippen LogP contribution in [-0.2, 0) is 11.3 Å². The second kappa shape index (κ2) is 8.21. The predicted octanol–water partition coefficient (Wildman–Crippen LogP) is 1.82. The maximum absolute atomic E-state index is 12.5. The van der Waals surface area contributed by atoms with Gasteiger partial charge in [0, 0.05) is 49.7 Å². The van der Waals surface area contributed by atoms with E-state index in [1.54, 1.807) is 24.7 Å². The first kappa shape index (κ1) is 18.2. The number of benzene rings is 1. The van der Waals surface area contributed by atoms with Gasteiger partial charge in [0.2, 0.25) is 11.9 Å². The highest BCUT2D eigenvalue weighted by atomic mass is 16.2. The Morgan fingerprint density at radius 1 is 1.14 bits per heavy atom. The summed E-state index contributed by atoms with van der Waals surface area (Å²) in [5, 5.41) is 3.68. The van der Waals surface area contributed by atoms with Crippen molar-refractivity contribution in [3.8, 4) is 0 Å². The zero-order chi connectivity index (χ0) is 19.3. The Bertz CT molecular complexity index is 1020. The molecule has 0 spiro atoms. The summed E-state index contributed by atoms with van der Waals surface area (Å²) >= 11 is 0. The minimum absolute atomic E-state index is 0.0299. The monoisotopic (exact) mass is 377 g/mol. The number of anilines is 1. The zero-order valence-electron chi connectivity index (χ0n) is 15.6. The fourth-order valence-electron chi connectivity index (χ4n) is 3.73. The van der Waals surface area contributed by atoms with Crippen molar-refractivity contribution in [3.05, 3.63) is 65.2 Å². The number of piperidine rings is 1. The molecule has 144 valence electrons. The molecule has 0 aliphatic carbocycles. The topological polar surface area (TPSA) is 80.1 Å². The Kier molecular flexibility index (Phi) is 5.32. The second-order valence-electron chi connectivity index (χ2n) is 7.13. The number of para-hydroxylation sites is 1. The number of carbonyl (C=O) groups excluding carboxylic acids is 1. The van der Waals surface area contributed by atoms with E-state index in [2.05, 4.69) is 20.2 Å². The van der Waals surface area contributed by atoms with Crippen LogP contribution < -0.4 is 15.6 Å². The molecule has 0 saturated carbocycles. The summed E-state index contributed by atoms with van der Waals surface area (Å²) in [6, 6.07) is 10.7. The van der Waals surface area contributed by atoms with Crippen molar-refractivity contribution in [3.63, 3.8) is 0 Å². The standard InChI is InChI=1S/C21H23N5O2/c27-19-8-12-25(18-7-2-1-6-17(18)19)15-20(28)24-13-16-5-3-11-26(14-16)21-22-9-4-10-23-21/h1-2,4,6-10,12,16H,3,5,11,13-15H2,(H,24,28)/t16-/m1/s1. The Morgan fingerprint density at radius 3 is 2.82 bits per heavy atom. The third-order valence-electron chi connectivity index (χ3n) is 5.14. The number of carbonyl (C=O) groups is 1. The molecule has 1 aromatic carbocycles. The summed E-state index contributed by atoms with van der Waals surface area (Å²) in [4.78, 5) is 35.3. The van der Waals surface area contributed by atoms with Crippen molar-refractivity contribution < 1.29 is 4.79 Å². The number of nitrogens with one attached hydrogen (secondary N) is 1. The molecule has 0 bridgehead atoms. The highest BCUT2D eigenvalue weighted by molar-refractivity contribution is 5.82. The number of fused-ring (bicyclic) bond motifs is 1. The maximum atomic E-state index is 12.5. The van der Waals surface area contributed by atoms with E-state index in [9.17, 15) is 9.59 Å². The first-order valence-electron chi connectivity index (χ1n) is 9.57. The van der Waals surface area contributed by atoms with Gasteiger partial charge in [-0.2, -0.15) is 0 Å². The molecule has 3 aromatic rings. The molecule has 1 aliphatic rings. The lowest BCUT2D eigenvalue weighted by atomic mass is 9.98. The number of nitrogens with zero attached hydrogens (tertiary/aromatic N) is 4. The van der Waals surface area contributed by atoms with Gasteiger partial charge in [0.25, 0.3) is 0 Å². The van der Waals surface area contributed by atoms with Crippen LogP contribution in [-0.4, -0.2) is 40.1 Å².